The lowest BCUT2D eigenvalue weighted by atomic mass is 10.2. The number of nitrogens with two attached hydrogens (primary N) is 1. The smallest absolute Gasteiger partial charge is 0.186 e. The zero-order chi connectivity index (χ0) is 13.3. The van der Waals surface area contributed by atoms with E-state index in [1.54, 1.807) is 26.2 Å². The number of methoxy groups -OCH3 is 1. The van der Waals surface area contributed by atoms with Crippen LogP contribution in [0.2, 0.25) is 0 Å². The van der Waals surface area contributed by atoms with Crippen molar-refractivity contribution < 1.29 is 9.13 Å². The fourth-order valence-corrected chi connectivity index (χ4v) is 1.93. The fraction of sp³-hybridized carbons (Fsp3) is 0.167. The van der Waals surface area contributed by atoms with E-state index in [1.165, 1.54) is 0 Å². The van der Waals surface area contributed by atoms with Crippen LogP contribution < -0.4 is 10.5 Å². The lowest BCUT2D eigenvalue weighted by molar-refractivity contribution is 0.415. The molecule has 94 valence electrons. The van der Waals surface area contributed by atoms with Crippen LogP contribution in [0.1, 0.15) is 5.69 Å². The van der Waals surface area contributed by atoms with Gasteiger partial charge in [-0.25, -0.2) is 14.4 Å². The van der Waals surface area contributed by atoms with E-state index in [-0.39, 0.29) is 11.5 Å². The van der Waals surface area contributed by atoms with E-state index in [0.29, 0.717) is 17.1 Å². The lowest BCUT2D eigenvalue weighted by Gasteiger charge is -2.08. The number of rotatable bonds is 2. The molecule has 0 amide bonds. The van der Waals surface area contributed by atoms with Gasteiger partial charge in [0.1, 0.15) is 5.75 Å². The van der Waals surface area contributed by atoms with E-state index in [2.05, 4.69) is 25.9 Å². The van der Waals surface area contributed by atoms with Crippen LogP contribution in [0.4, 0.5) is 10.2 Å². The summed E-state index contributed by atoms with van der Waals surface area (Å²) in [5.41, 5.74) is 6.42. The Labute approximate surface area is 112 Å². The molecular formula is C12H11BrFN3O. The molecule has 0 spiro atoms. The molecule has 0 saturated carbocycles. The predicted octanol–water partition coefficient (Wildman–Crippen LogP) is 2.94. The number of benzene rings is 1. The van der Waals surface area contributed by atoms with Crippen molar-refractivity contribution >= 4 is 21.7 Å². The number of nitrogens with zero attached hydrogens (tertiary/aromatic N) is 2. The Morgan fingerprint density at radius 2 is 2.06 bits per heavy atom. The summed E-state index contributed by atoms with van der Waals surface area (Å²) in [6.07, 6.45) is 0. The normalized spacial score (nSPS) is 10.4. The highest BCUT2D eigenvalue weighted by Crippen LogP contribution is 2.30. The van der Waals surface area contributed by atoms with Gasteiger partial charge in [-0.15, -0.1) is 0 Å². The number of aryl methyl sites for hydroxylation is 1. The molecule has 0 atom stereocenters. The Balaban J connectivity index is 2.61. The summed E-state index contributed by atoms with van der Waals surface area (Å²) in [5.74, 6) is 0.277. The molecule has 18 heavy (non-hydrogen) atoms. The largest absolute Gasteiger partial charge is 0.497 e. The third-order valence-electron chi connectivity index (χ3n) is 2.46. The molecule has 2 rings (SSSR count). The molecule has 0 radical (unpaired) electrons. The van der Waals surface area contributed by atoms with Crippen LogP contribution in [-0.4, -0.2) is 17.1 Å². The average molecular weight is 312 g/mol. The van der Waals surface area contributed by atoms with Crippen LogP contribution in [0, 0.1) is 12.7 Å². The van der Waals surface area contributed by atoms with Gasteiger partial charge in [0, 0.05) is 10.0 Å². The molecule has 1 aromatic carbocycles. The molecule has 0 aliphatic carbocycles. The highest BCUT2D eigenvalue weighted by Gasteiger charge is 2.13. The van der Waals surface area contributed by atoms with Crippen LogP contribution in [-0.2, 0) is 0 Å². The zero-order valence-electron chi connectivity index (χ0n) is 9.87. The van der Waals surface area contributed by atoms with Gasteiger partial charge in [-0.05, 0) is 25.1 Å². The Kier molecular flexibility index (Phi) is 3.47. The minimum absolute atomic E-state index is 0.160. The molecule has 0 unspecified atom stereocenters. The molecular weight excluding hydrogens is 301 g/mol. The van der Waals surface area contributed by atoms with Crippen molar-refractivity contribution in [1.82, 2.24) is 9.97 Å². The van der Waals surface area contributed by atoms with Crippen molar-refractivity contribution in [3.05, 3.63) is 34.2 Å². The van der Waals surface area contributed by atoms with Crippen molar-refractivity contribution in [1.29, 1.82) is 0 Å². The van der Waals surface area contributed by atoms with Gasteiger partial charge in [0.15, 0.2) is 17.5 Å². The summed E-state index contributed by atoms with van der Waals surface area (Å²) in [4.78, 5) is 8.03. The third kappa shape index (κ3) is 2.28. The number of anilines is 1. The first-order valence-electron chi connectivity index (χ1n) is 5.16. The van der Waals surface area contributed by atoms with Gasteiger partial charge in [-0.1, -0.05) is 15.9 Å². The summed E-state index contributed by atoms with van der Waals surface area (Å²) in [7, 11) is 1.57. The van der Waals surface area contributed by atoms with Crippen molar-refractivity contribution in [3.8, 4) is 17.1 Å². The maximum absolute atomic E-state index is 13.4. The van der Waals surface area contributed by atoms with Gasteiger partial charge in [-0.3, -0.25) is 0 Å². The topological polar surface area (TPSA) is 61.0 Å². The first-order valence-corrected chi connectivity index (χ1v) is 5.95. The Morgan fingerprint density at radius 1 is 1.33 bits per heavy atom. The standard InChI is InChI=1S/C12H11BrFN3O/c1-6-10(14)11(15)17-12(16-6)8-5-7(18-2)3-4-9(8)13/h3-5H,1-2H3,(H2,15,16,17). The molecule has 0 saturated heterocycles. The quantitative estimate of drug-likeness (QED) is 0.926. The number of ether oxygens (including phenoxy) is 1. The van der Waals surface area contributed by atoms with Crippen LogP contribution in [0.5, 0.6) is 5.75 Å². The number of halogens is 2. The minimum atomic E-state index is -0.585. The summed E-state index contributed by atoms with van der Waals surface area (Å²) in [5, 5.41) is 0. The summed E-state index contributed by atoms with van der Waals surface area (Å²) in [6, 6.07) is 5.37. The number of hydrogen-bond acceptors (Lipinski definition) is 4. The van der Waals surface area contributed by atoms with E-state index in [9.17, 15) is 4.39 Å². The maximum Gasteiger partial charge on any atom is 0.186 e. The molecule has 2 N–H and O–H groups in total. The van der Waals surface area contributed by atoms with Crippen molar-refractivity contribution in [2.75, 3.05) is 12.8 Å². The Morgan fingerprint density at radius 3 is 2.67 bits per heavy atom. The van der Waals surface area contributed by atoms with Crippen LogP contribution in [0.25, 0.3) is 11.4 Å². The van der Waals surface area contributed by atoms with Gasteiger partial charge in [0.25, 0.3) is 0 Å². The van der Waals surface area contributed by atoms with E-state index in [0.717, 1.165) is 4.47 Å². The second-order valence-corrected chi connectivity index (χ2v) is 4.53. The molecule has 6 heteroatoms. The maximum atomic E-state index is 13.4. The van der Waals surface area contributed by atoms with Gasteiger partial charge in [-0.2, -0.15) is 0 Å². The van der Waals surface area contributed by atoms with Crippen LogP contribution in [0.15, 0.2) is 22.7 Å². The molecule has 0 aliphatic rings. The van der Waals surface area contributed by atoms with Crippen LogP contribution >= 0.6 is 15.9 Å². The van der Waals surface area contributed by atoms with Crippen molar-refractivity contribution in [2.24, 2.45) is 0 Å². The zero-order valence-corrected chi connectivity index (χ0v) is 11.5. The summed E-state index contributed by atoms with van der Waals surface area (Å²) >= 11 is 3.39. The monoisotopic (exact) mass is 311 g/mol. The molecule has 1 heterocycles. The SMILES string of the molecule is COc1ccc(Br)c(-c2nc(C)c(F)c(N)n2)c1. The summed E-state index contributed by atoms with van der Waals surface area (Å²) in [6.45, 7) is 1.55. The fourth-order valence-electron chi connectivity index (χ4n) is 1.50. The third-order valence-corrected chi connectivity index (χ3v) is 3.15. The van der Waals surface area contributed by atoms with Crippen molar-refractivity contribution in [2.45, 2.75) is 6.92 Å². The predicted molar refractivity (Wildman–Crippen MR) is 70.8 cm³/mol. The number of aromatic nitrogens is 2. The van der Waals surface area contributed by atoms with Gasteiger partial charge < -0.3 is 10.5 Å². The molecule has 2 aromatic rings. The second kappa shape index (κ2) is 4.89. The lowest BCUT2D eigenvalue weighted by Crippen LogP contribution is -2.03. The van der Waals surface area contributed by atoms with E-state index < -0.39 is 5.82 Å². The van der Waals surface area contributed by atoms with Crippen molar-refractivity contribution in [3.63, 3.8) is 0 Å². The highest BCUT2D eigenvalue weighted by molar-refractivity contribution is 9.10. The van der Waals surface area contributed by atoms with E-state index in [4.69, 9.17) is 10.5 Å². The number of nitrogen functional groups attached to an aromatic ring is 1. The van der Waals surface area contributed by atoms with E-state index in [1.807, 2.05) is 6.07 Å². The molecule has 4 nitrogen and oxygen atoms in total. The highest BCUT2D eigenvalue weighted by atomic mass is 79.9. The first-order chi connectivity index (χ1) is 8.52. The summed E-state index contributed by atoms with van der Waals surface area (Å²) < 4.78 is 19.3. The minimum Gasteiger partial charge on any atom is -0.497 e. The molecule has 0 fully saturated rings. The first kappa shape index (κ1) is 12.8. The van der Waals surface area contributed by atoms with Gasteiger partial charge in [0.2, 0.25) is 0 Å². The molecule has 0 aliphatic heterocycles. The van der Waals surface area contributed by atoms with Gasteiger partial charge in [0.05, 0.1) is 12.8 Å². The second-order valence-electron chi connectivity index (χ2n) is 3.68. The molecule has 0 bridgehead atoms. The van der Waals surface area contributed by atoms with Crippen LogP contribution in [0.3, 0.4) is 0 Å². The van der Waals surface area contributed by atoms with E-state index >= 15 is 0 Å². The Hall–Kier alpha value is -1.69. The van der Waals surface area contributed by atoms with Gasteiger partial charge >= 0.3 is 0 Å². The Bertz CT molecular complexity index is 581. The number of hydrogen-bond donors (Lipinski definition) is 1. The molecule has 1 aromatic heterocycles. The average Bonchev–Trinajstić information content (AvgIpc) is 2.36.